The Balaban J connectivity index is 1.40. The van der Waals surface area contributed by atoms with Crippen LogP contribution in [0.15, 0.2) is 0 Å². The summed E-state index contributed by atoms with van der Waals surface area (Å²) in [7, 11) is 0. The van der Waals surface area contributed by atoms with Crippen LogP contribution < -0.4 is 16.0 Å². The maximum atomic E-state index is 11.8. The predicted octanol–water partition coefficient (Wildman–Crippen LogP) is -3.42. The minimum absolute atomic E-state index is 0.0143. The molecule has 0 aliphatic carbocycles. The highest BCUT2D eigenvalue weighted by Gasteiger charge is 2.46. The number of aliphatic hydroxyl groups is 9. The van der Waals surface area contributed by atoms with Gasteiger partial charge in [-0.1, -0.05) is 0 Å². The smallest absolute Gasteiger partial charge is 0.217 e. The molecule has 0 aromatic rings. The van der Waals surface area contributed by atoms with E-state index in [1.54, 1.807) is 0 Å². The fourth-order valence-electron chi connectivity index (χ4n) is 7.97. The van der Waals surface area contributed by atoms with E-state index in [-0.39, 0.29) is 38.3 Å². The van der Waals surface area contributed by atoms with Crippen LogP contribution in [0.2, 0.25) is 0 Å². The third-order valence-corrected chi connectivity index (χ3v) is 11.7. The number of hydrogen-bond donors (Lipinski definition) is 12. The second kappa shape index (κ2) is 33.4. The van der Waals surface area contributed by atoms with Crippen LogP contribution in [0, 0.1) is 0 Å². The summed E-state index contributed by atoms with van der Waals surface area (Å²) in [5, 5.41) is 98.5. The minimum atomic E-state index is -1.40. The zero-order chi connectivity index (χ0) is 50.0. The van der Waals surface area contributed by atoms with Gasteiger partial charge in [0.1, 0.15) is 60.9 Å². The van der Waals surface area contributed by atoms with E-state index in [0.29, 0.717) is 71.6 Å². The molecule has 3 saturated heterocycles. The van der Waals surface area contributed by atoms with Gasteiger partial charge in [0.15, 0.2) is 18.9 Å². The number of amides is 3. The van der Waals surface area contributed by atoms with E-state index in [2.05, 4.69) is 16.0 Å². The molecule has 3 rings (SSSR count). The Hall–Kier alpha value is -2.31. The highest BCUT2D eigenvalue weighted by Crippen LogP contribution is 2.25. The molecule has 0 aromatic heterocycles. The van der Waals surface area contributed by atoms with Gasteiger partial charge in [0, 0.05) is 73.4 Å². The topological polar surface area (TPSA) is 352 Å². The standard InChI is InChI=1S/C44H81N3O21/c1-26(51)45-30-21-31(54)37(55)32(22-48)66-42(30)63-17-12-6-9-16-62-29(25-61-15-8-5-11-19-65-44-36(47-28(3)53)41(59)39(57)34(24-50)68-44)13-20-60-14-7-4-10-18-64-43-35(46-27(2)52)40(58)38(56)33(23-49)67-43/h29-44,48-50,54-59H,4-25H2,1-3H3,(H,45,51)(H,46,52)(H,47,53)/t29?,30?,31?,32?,33?,34?,35?,36?,37-,38+,39+,40?,41?,42-,43-,44-/m1/s1. The number of unbranched alkanes of at least 4 members (excludes halogenated alkanes) is 6. The van der Waals surface area contributed by atoms with Crippen molar-refractivity contribution < 1.29 is 103 Å². The van der Waals surface area contributed by atoms with Crippen molar-refractivity contribution in [2.45, 2.75) is 189 Å². The van der Waals surface area contributed by atoms with Crippen molar-refractivity contribution in [1.82, 2.24) is 16.0 Å². The lowest BCUT2D eigenvalue weighted by atomic mass is 9.97. The van der Waals surface area contributed by atoms with Gasteiger partial charge in [-0.25, -0.2) is 0 Å². The molecule has 3 aliphatic heterocycles. The van der Waals surface area contributed by atoms with Crippen LogP contribution >= 0.6 is 0 Å². The zero-order valence-electron chi connectivity index (χ0n) is 39.7. The Kier molecular flexibility index (Phi) is 29.4. The van der Waals surface area contributed by atoms with E-state index >= 15 is 0 Å². The van der Waals surface area contributed by atoms with Crippen molar-refractivity contribution in [3.63, 3.8) is 0 Å². The van der Waals surface area contributed by atoms with Gasteiger partial charge in [0.2, 0.25) is 17.7 Å². The first-order valence-electron chi connectivity index (χ1n) is 23.9. The fraction of sp³-hybridized carbons (Fsp3) is 0.932. The quantitative estimate of drug-likeness (QED) is 0.0285. The molecule has 3 amide bonds. The van der Waals surface area contributed by atoms with E-state index in [4.69, 9.17) is 42.6 Å². The molecule has 24 nitrogen and oxygen atoms in total. The lowest BCUT2D eigenvalue weighted by Gasteiger charge is -2.42. The summed E-state index contributed by atoms with van der Waals surface area (Å²) in [5.74, 6) is -1.23. The Bertz CT molecular complexity index is 1390. The van der Waals surface area contributed by atoms with Crippen LogP contribution in [0.3, 0.4) is 0 Å². The van der Waals surface area contributed by atoms with Crippen LogP contribution in [0.4, 0.5) is 0 Å². The van der Waals surface area contributed by atoms with Gasteiger partial charge in [0.25, 0.3) is 0 Å². The maximum Gasteiger partial charge on any atom is 0.217 e. The largest absolute Gasteiger partial charge is 0.394 e. The third-order valence-electron chi connectivity index (χ3n) is 11.7. The first-order valence-corrected chi connectivity index (χ1v) is 23.9. The van der Waals surface area contributed by atoms with E-state index in [1.807, 2.05) is 0 Å². The van der Waals surface area contributed by atoms with Crippen molar-refractivity contribution in [2.24, 2.45) is 0 Å². The molecular formula is C44H81N3O21. The Labute approximate surface area is 398 Å². The molecule has 3 fully saturated rings. The van der Waals surface area contributed by atoms with Crippen LogP contribution in [0.25, 0.3) is 0 Å². The lowest BCUT2D eigenvalue weighted by Crippen LogP contribution is -2.64. The first kappa shape index (κ1) is 60.0. The molecule has 10 unspecified atom stereocenters. The highest BCUT2D eigenvalue weighted by molar-refractivity contribution is 5.74. The summed E-state index contributed by atoms with van der Waals surface area (Å²) < 4.78 is 52.5. The molecule has 68 heavy (non-hydrogen) atoms. The molecule has 0 saturated carbocycles. The SMILES string of the molecule is CC(=O)NC1CC(O)[C@@H](O)C(CO)O[C@H]1OCCCCCOC(CCOCCCCCO[C@@H]1OC(CO)[C@H](O)C(O)C1NC(C)=O)COCCCCCO[C@@H]1OC(CO)[C@H](O)C(O)C1NC(C)=O. The molecular weight excluding hydrogens is 906 g/mol. The van der Waals surface area contributed by atoms with Gasteiger partial charge in [0.05, 0.1) is 44.7 Å². The molecule has 398 valence electrons. The van der Waals surface area contributed by atoms with E-state index in [1.165, 1.54) is 20.8 Å². The first-order chi connectivity index (χ1) is 32.6. The average Bonchev–Trinajstić information content (AvgIpc) is 3.40. The summed E-state index contributed by atoms with van der Waals surface area (Å²) in [6.07, 6.45) is -7.98. The summed E-state index contributed by atoms with van der Waals surface area (Å²) in [6.45, 7) is 5.07. The van der Waals surface area contributed by atoms with Gasteiger partial charge in [-0.3, -0.25) is 14.4 Å². The Morgan fingerprint density at radius 2 is 0.912 bits per heavy atom. The number of hydrogen-bond acceptors (Lipinski definition) is 21. The monoisotopic (exact) mass is 988 g/mol. The van der Waals surface area contributed by atoms with E-state index < -0.39 is 124 Å². The second-order valence-electron chi connectivity index (χ2n) is 17.5. The molecule has 12 N–H and O–H groups in total. The molecule has 3 heterocycles. The molecule has 16 atom stereocenters. The van der Waals surface area contributed by atoms with Crippen LogP contribution in [0.1, 0.15) is 91.4 Å². The van der Waals surface area contributed by atoms with Gasteiger partial charge in [-0.15, -0.1) is 0 Å². The number of ether oxygens (including phenoxy) is 9. The summed E-state index contributed by atoms with van der Waals surface area (Å²) >= 11 is 0. The number of carbonyl (C=O) groups is 3. The number of rotatable bonds is 33. The zero-order valence-corrected chi connectivity index (χ0v) is 39.7. The van der Waals surface area contributed by atoms with Crippen molar-refractivity contribution in [3.8, 4) is 0 Å². The Morgan fingerprint density at radius 1 is 0.500 bits per heavy atom. The second-order valence-corrected chi connectivity index (χ2v) is 17.5. The summed E-state index contributed by atoms with van der Waals surface area (Å²) in [5.41, 5.74) is 0. The summed E-state index contributed by atoms with van der Waals surface area (Å²) in [6, 6.07) is -2.74. The Morgan fingerprint density at radius 3 is 1.38 bits per heavy atom. The molecule has 0 spiro atoms. The van der Waals surface area contributed by atoms with E-state index in [9.17, 15) is 60.3 Å². The summed E-state index contributed by atoms with van der Waals surface area (Å²) in [4.78, 5) is 35.2. The molecule has 0 radical (unpaired) electrons. The molecule has 0 bridgehead atoms. The van der Waals surface area contributed by atoms with E-state index in [0.717, 1.165) is 25.7 Å². The lowest BCUT2D eigenvalue weighted by molar-refractivity contribution is -0.270. The fourth-order valence-corrected chi connectivity index (χ4v) is 7.97. The minimum Gasteiger partial charge on any atom is -0.394 e. The molecule has 0 aromatic carbocycles. The van der Waals surface area contributed by atoms with Crippen LogP contribution in [-0.2, 0) is 57.0 Å². The van der Waals surface area contributed by atoms with Crippen molar-refractivity contribution >= 4 is 17.7 Å². The number of aliphatic hydroxyl groups excluding tert-OH is 9. The van der Waals surface area contributed by atoms with Gasteiger partial charge < -0.3 is 105 Å². The van der Waals surface area contributed by atoms with Gasteiger partial charge >= 0.3 is 0 Å². The molecule has 3 aliphatic rings. The van der Waals surface area contributed by atoms with Gasteiger partial charge in [-0.05, 0) is 64.2 Å². The normalized spacial score (nSPS) is 32.6. The molecule has 24 heteroatoms. The van der Waals surface area contributed by atoms with Crippen molar-refractivity contribution in [2.75, 3.05) is 72.7 Å². The highest BCUT2D eigenvalue weighted by atomic mass is 16.7. The van der Waals surface area contributed by atoms with Gasteiger partial charge in [-0.2, -0.15) is 0 Å². The predicted molar refractivity (Wildman–Crippen MR) is 236 cm³/mol. The number of nitrogens with one attached hydrogen (secondary N) is 3. The average molecular weight is 988 g/mol. The maximum absolute atomic E-state index is 11.8. The van der Waals surface area contributed by atoms with Crippen molar-refractivity contribution in [3.05, 3.63) is 0 Å². The van der Waals surface area contributed by atoms with Crippen LogP contribution in [-0.4, -0.2) is 234 Å². The third kappa shape index (κ3) is 21.2. The number of carbonyl (C=O) groups excluding carboxylic acids is 3. The van der Waals surface area contributed by atoms with Crippen molar-refractivity contribution in [1.29, 1.82) is 0 Å². The van der Waals surface area contributed by atoms with Crippen LogP contribution in [0.5, 0.6) is 0 Å².